The fourth-order valence-corrected chi connectivity index (χ4v) is 3.59. The molecule has 1 aromatic carbocycles. The minimum absolute atomic E-state index is 0.0516. The van der Waals surface area contributed by atoms with Crippen molar-refractivity contribution in [2.24, 2.45) is 16.9 Å². The van der Waals surface area contributed by atoms with Gasteiger partial charge >= 0.3 is 6.18 Å². The topological polar surface area (TPSA) is 47.9 Å². The molecule has 25 heavy (non-hydrogen) atoms. The van der Waals surface area contributed by atoms with E-state index in [0.29, 0.717) is 30.8 Å². The van der Waals surface area contributed by atoms with Crippen molar-refractivity contribution in [3.63, 3.8) is 0 Å². The molecule has 3 aliphatic rings. The van der Waals surface area contributed by atoms with E-state index in [1.165, 1.54) is 6.07 Å². The lowest BCUT2D eigenvalue weighted by atomic mass is 9.99. The van der Waals surface area contributed by atoms with Crippen molar-refractivity contribution in [2.75, 3.05) is 38.1 Å². The van der Waals surface area contributed by atoms with E-state index in [0.717, 1.165) is 13.1 Å². The van der Waals surface area contributed by atoms with Gasteiger partial charge in [0.2, 0.25) is 5.91 Å². The maximum absolute atomic E-state index is 13.7. The number of alkyl halides is 3. The molecule has 1 amide bonds. The Morgan fingerprint density at radius 3 is 2.56 bits per heavy atom. The molecule has 1 aliphatic carbocycles. The predicted octanol–water partition coefficient (Wildman–Crippen LogP) is 1.93. The molecule has 2 aliphatic heterocycles. The molecule has 1 saturated heterocycles. The summed E-state index contributed by atoms with van der Waals surface area (Å²) in [5.41, 5.74) is 3.00. The van der Waals surface area contributed by atoms with Gasteiger partial charge in [-0.3, -0.25) is 4.79 Å². The Balaban J connectivity index is 1.69. The average molecular weight is 352 g/mol. The van der Waals surface area contributed by atoms with Crippen LogP contribution in [0.4, 0.5) is 18.9 Å². The first kappa shape index (κ1) is 16.4. The second-order valence-corrected chi connectivity index (χ2v) is 6.94. The Morgan fingerprint density at radius 1 is 1.16 bits per heavy atom. The number of amides is 1. The molecule has 2 heterocycles. The van der Waals surface area contributed by atoms with Gasteiger partial charge in [-0.05, 0) is 31.2 Å². The molecule has 2 fully saturated rings. The summed E-state index contributed by atoms with van der Waals surface area (Å²) < 4.78 is 41.0. The van der Waals surface area contributed by atoms with Crippen molar-refractivity contribution < 1.29 is 18.0 Å². The van der Waals surface area contributed by atoms with E-state index in [-0.39, 0.29) is 23.4 Å². The van der Waals surface area contributed by atoms with Crippen LogP contribution in [0, 0.1) is 11.8 Å². The van der Waals surface area contributed by atoms with Crippen molar-refractivity contribution in [3.8, 4) is 0 Å². The molecule has 4 rings (SSSR count). The number of piperazine rings is 1. The van der Waals surface area contributed by atoms with Crippen LogP contribution in [-0.2, 0) is 11.0 Å². The zero-order valence-corrected chi connectivity index (χ0v) is 13.8. The Labute approximate surface area is 143 Å². The summed E-state index contributed by atoms with van der Waals surface area (Å²) in [6.45, 7) is 2.62. The summed E-state index contributed by atoms with van der Waals surface area (Å²) in [6, 6.07) is 4.41. The Kier molecular flexibility index (Phi) is 3.75. The zero-order valence-electron chi connectivity index (χ0n) is 13.8. The largest absolute Gasteiger partial charge is 0.418 e. The highest BCUT2D eigenvalue weighted by Gasteiger charge is 2.49. The molecule has 2 atom stereocenters. The van der Waals surface area contributed by atoms with Crippen LogP contribution in [0.25, 0.3) is 0 Å². The number of hydrogen-bond acceptors (Lipinski definition) is 4. The molecule has 1 saturated carbocycles. The number of carbonyl (C=O) groups excluding carboxylic acids is 1. The van der Waals surface area contributed by atoms with Gasteiger partial charge in [-0.1, -0.05) is 6.07 Å². The van der Waals surface area contributed by atoms with Gasteiger partial charge in [0.15, 0.2) is 0 Å². The van der Waals surface area contributed by atoms with Gasteiger partial charge in [-0.25, -0.2) is 5.43 Å². The minimum atomic E-state index is -4.43. The van der Waals surface area contributed by atoms with Crippen LogP contribution in [0.5, 0.6) is 0 Å². The third-order valence-electron chi connectivity index (χ3n) is 5.21. The van der Waals surface area contributed by atoms with E-state index in [2.05, 4.69) is 15.4 Å². The number of benzene rings is 1. The SMILES string of the molecule is CN1CCN(c2ccc(C3=NNC(=O)[C@H]4C[C@@H]34)cc2C(F)(F)F)CC1. The van der Waals surface area contributed by atoms with Crippen molar-refractivity contribution in [3.05, 3.63) is 29.3 Å². The first-order valence-electron chi connectivity index (χ1n) is 8.37. The van der Waals surface area contributed by atoms with Crippen LogP contribution >= 0.6 is 0 Å². The lowest BCUT2D eigenvalue weighted by Crippen LogP contribution is -2.45. The van der Waals surface area contributed by atoms with Crippen LogP contribution in [0.2, 0.25) is 0 Å². The van der Waals surface area contributed by atoms with Crippen molar-refractivity contribution >= 4 is 17.3 Å². The number of rotatable bonds is 2. The smallest absolute Gasteiger partial charge is 0.368 e. The maximum atomic E-state index is 13.7. The van der Waals surface area contributed by atoms with Gasteiger partial charge in [0.25, 0.3) is 0 Å². The predicted molar refractivity (Wildman–Crippen MR) is 87.4 cm³/mol. The standard InChI is InChI=1S/C17H19F3N4O/c1-23-4-6-24(7-5-23)14-3-2-10(8-13(14)17(18,19)20)15-11-9-12(11)16(25)22-21-15/h2-3,8,11-12H,4-7,9H2,1H3,(H,22,25)/t11-,12+/m1/s1. The van der Waals surface area contributed by atoms with E-state index >= 15 is 0 Å². The third kappa shape index (κ3) is 2.99. The number of anilines is 1. The number of nitrogens with one attached hydrogen (secondary N) is 1. The van der Waals surface area contributed by atoms with Gasteiger partial charge < -0.3 is 9.80 Å². The molecule has 1 N–H and O–H groups in total. The van der Waals surface area contributed by atoms with Crippen molar-refractivity contribution in [1.29, 1.82) is 0 Å². The highest BCUT2D eigenvalue weighted by molar-refractivity contribution is 6.09. The van der Waals surface area contributed by atoms with Crippen LogP contribution in [-0.4, -0.2) is 49.7 Å². The second kappa shape index (κ2) is 5.72. The Bertz CT molecular complexity index is 738. The number of halogens is 3. The summed E-state index contributed by atoms with van der Waals surface area (Å²) in [6.07, 6.45) is -3.78. The van der Waals surface area contributed by atoms with E-state index < -0.39 is 11.7 Å². The monoisotopic (exact) mass is 352 g/mol. The van der Waals surface area contributed by atoms with E-state index in [1.54, 1.807) is 17.0 Å². The molecule has 5 nitrogen and oxygen atoms in total. The fourth-order valence-electron chi connectivity index (χ4n) is 3.59. The second-order valence-electron chi connectivity index (χ2n) is 6.94. The number of fused-ring (bicyclic) bond motifs is 1. The molecule has 134 valence electrons. The lowest BCUT2D eigenvalue weighted by Gasteiger charge is -2.35. The third-order valence-corrected chi connectivity index (χ3v) is 5.21. The summed E-state index contributed by atoms with van der Waals surface area (Å²) in [5, 5.41) is 4.01. The molecular formula is C17H19F3N4O. The van der Waals surface area contributed by atoms with Gasteiger partial charge in [0.05, 0.1) is 11.3 Å². The molecule has 0 spiro atoms. The summed E-state index contributed by atoms with van der Waals surface area (Å²) >= 11 is 0. The fraction of sp³-hybridized carbons (Fsp3) is 0.529. The number of hydrogen-bond donors (Lipinski definition) is 1. The maximum Gasteiger partial charge on any atom is 0.418 e. The lowest BCUT2D eigenvalue weighted by molar-refractivity contribution is -0.137. The van der Waals surface area contributed by atoms with Crippen LogP contribution < -0.4 is 10.3 Å². The average Bonchev–Trinajstić information content (AvgIpc) is 3.36. The van der Waals surface area contributed by atoms with Crippen molar-refractivity contribution in [2.45, 2.75) is 12.6 Å². The highest BCUT2D eigenvalue weighted by atomic mass is 19.4. The first-order valence-corrected chi connectivity index (χ1v) is 8.37. The van der Waals surface area contributed by atoms with Crippen molar-refractivity contribution in [1.82, 2.24) is 10.3 Å². The van der Waals surface area contributed by atoms with Crippen LogP contribution in [0.3, 0.4) is 0 Å². The number of likely N-dealkylation sites (N-methyl/N-ethyl adjacent to an activating group) is 1. The minimum Gasteiger partial charge on any atom is -0.368 e. The molecule has 0 bridgehead atoms. The summed E-state index contributed by atoms with van der Waals surface area (Å²) in [7, 11) is 1.96. The highest BCUT2D eigenvalue weighted by Crippen LogP contribution is 2.45. The molecule has 8 heteroatoms. The van der Waals surface area contributed by atoms with E-state index in [4.69, 9.17) is 0 Å². The van der Waals surface area contributed by atoms with Gasteiger partial charge in [-0.15, -0.1) is 0 Å². The van der Waals surface area contributed by atoms with E-state index in [9.17, 15) is 18.0 Å². The summed E-state index contributed by atoms with van der Waals surface area (Å²) in [4.78, 5) is 15.4. The Hall–Kier alpha value is -2.09. The molecule has 1 aromatic rings. The molecular weight excluding hydrogens is 333 g/mol. The normalized spacial score (nSPS) is 26.8. The number of nitrogens with zero attached hydrogens (tertiary/aromatic N) is 3. The Morgan fingerprint density at radius 2 is 1.88 bits per heavy atom. The zero-order chi connectivity index (χ0) is 17.8. The quantitative estimate of drug-likeness (QED) is 0.885. The molecule has 0 radical (unpaired) electrons. The van der Waals surface area contributed by atoms with E-state index in [1.807, 2.05) is 7.05 Å². The number of hydrazone groups is 1. The summed E-state index contributed by atoms with van der Waals surface area (Å²) in [5.74, 6) is -0.331. The molecule has 0 aromatic heterocycles. The molecule has 0 unspecified atom stereocenters. The number of carbonyl (C=O) groups is 1. The van der Waals surface area contributed by atoms with Gasteiger partial charge in [-0.2, -0.15) is 18.3 Å². The van der Waals surface area contributed by atoms with Gasteiger partial charge in [0.1, 0.15) is 0 Å². The van der Waals surface area contributed by atoms with Crippen LogP contribution in [0.15, 0.2) is 23.3 Å². The van der Waals surface area contributed by atoms with Crippen LogP contribution in [0.1, 0.15) is 17.5 Å². The van der Waals surface area contributed by atoms with Gasteiger partial charge in [0, 0.05) is 43.7 Å². The first-order chi connectivity index (χ1) is 11.8.